The molecule has 0 N–H and O–H groups in total. The zero-order valence-electron chi connectivity index (χ0n) is 12.5. The van der Waals surface area contributed by atoms with E-state index in [0.717, 1.165) is 21.5 Å². The highest BCUT2D eigenvalue weighted by Crippen LogP contribution is 2.21. The summed E-state index contributed by atoms with van der Waals surface area (Å²) in [6.45, 7) is 2.82. The number of nitrogens with zero attached hydrogens (tertiary/aromatic N) is 2. The van der Waals surface area contributed by atoms with Gasteiger partial charge in [0.1, 0.15) is 11.5 Å². The molecule has 3 aromatic rings. The Morgan fingerprint density at radius 1 is 0.957 bits per heavy atom. The molecule has 0 amide bonds. The lowest BCUT2D eigenvalue weighted by Gasteiger charge is -2.02. The number of rotatable bonds is 6. The lowest BCUT2D eigenvalue weighted by atomic mass is 10.2. The molecule has 0 saturated carbocycles. The molecule has 118 valence electrons. The molecule has 23 heavy (non-hydrogen) atoms. The van der Waals surface area contributed by atoms with Crippen molar-refractivity contribution >= 4 is 15.9 Å². The summed E-state index contributed by atoms with van der Waals surface area (Å²) in [5.74, 6) is 2.52. The molecular weight excluding hydrogens is 360 g/mol. The number of aromatic nitrogens is 2. The highest BCUT2D eigenvalue weighted by atomic mass is 79.9. The topological polar surface area (TPSA) is 57.4 Å². The van der Waals surface area contributed by atoms with Crippen LogP contribution in [-0.4, -0.2) is 16.7 Å². The SMILES string of the molecule is CCOc1ccc(-c2noc(COc3ccc(Br)cc3)n2)cc1. The third-order valence-corrected chi connectivity index (χ3v) is 3.60. The predicted molar refractivity (Wildman–Crippen MR) is 89.4 cm³/mol. The fourth-order valence-corrected chi connectivity index (χ4v) is 2.24. The molecule has 0 unspecified atom stereocenters. The molecule has 1 heterocycles. The third-order valence-electron chi connectivity index (χ3n) is 3.07. The monoisotopic (exact) mass is 374 g/mol. The molecule has 0 saturated heterocycles. The van der Waals surface area contributed by atoms with Gasteiger partial charge in [-0.3, -0.25) is 0 Å². The van der Waals surface area contributed by atoms with Crippen molar-refractivity contribution in [3.63, 3.8) is 0 Å². The molecule has 0 fully saturated rings. The summed E-state index contributed by atoms with van der Waals surface area (Å²) in [4.78, 5) is 4.34. The minimum atomic E-state index is 0.228. The lowest BCUT2D eigenvalue weighted by molar-refractivity contribution is 0.243. The second-order valence-electron chi connectivity index (χ2n) is 4.71. The van der Waals surface area contributed by atoms with Gasteiger partial charge in [-0.25, -0.2) is 0 Å². The maximum Gasteiger partial charge on any atom is 0.264 e. The number of ether oxygens (including phenoxy) is 2. The standard InChI is InChI=1S/C17H15BrN2O3/c1-2-21-14-7-3-12(4-8-14)17-19-16(23-20-17)11-22-15-9-5-13(18)6-10-15/h3-10H,2,11H2,1H3. The van der Waals surface area contributed by atoms with Crippen LogP contribution in [0.15, 0.2) is 57.5 Å². The van der Waals surface area contributed by atoms with E-state index in [4.69, 9.17) is 14.0 Å². The first kappa shape index (κ1) is 15.6. The lowest BCUT2D eigenvalue weighted by Crippen LogP contribution is -1.95. The minimum absolute atomic E-state index is 0.228. The van der Waals surface area contributed by atoms with E-state index in [0.29, 0.717) is 18.3 Å². The Labute approximate surface area is 142 Å². The normalized spacial score (nSPS) is 10.5. The van der Waals surface area contributed by atoms with Crippen LogP contribution in [0.2, 0.25) is 0 Å². The van der Waals surface area contributed by atoms with Crippen molar-refractivity contribution in [2.75, 3.05) is 6.61 Å². The average molecular weight is 375 g/mol. The second kappa shape index (κ2) is 7.28. The van der Waals surface area contributed by atoms with Gasteiger partial charge in [0, 0.05) is 10.0 Å². The van der Waals surface area contributed by atoms with Crippen molar-refractivity contribution in [2.24, 2.45) is 0 Å². The van der Waals surface area contributed by atoms with Crippen LogP contribution in [0.1, 0.15) is 12.8 Å². The molecule has 0 aliphatic rings. The van der Waals surface area contributed by atoms with Crippen LogP contribution in [-0.2, 0) is 6.61 Å². The highest BCUT2D eigenvalue weighted by Gasteiger charge is 2.09. The minimum Gasteiger partial charge on any atom is -0.494 e. The maximum atomic E-state index is 5.61. The van der Waals surface area contributed by atoms with E-state index in [-0.39, 0.29) is 6.61 Å². The Kier molecular flexibility index (Phi) is 4.92. The first-order valence-electron chi connectivity index (χ1n) is 7.19. The second-order valence-corrected chi connectivity index (χ2v) is 5.63. The van der Waals surface area contributed by atoms with Crippen LogP contribution in [0.25, 0.3) is 11.4 Å². The molecule has 3 rings (SSSR count). The fourth-order valence-electron chi connectivity index (χ4n) is 1.97. The van der Waals surface area contributed by atoms with Crippen molar-refractivity contribution in [3.8, 4) is 22.9 Å². The zero-order chi connectivity index (χ0) is 16.1. The van der Waals surface area contributed by atoms with Gasteiger partial charge in [-0.05, 0) is 55.5 Å². The van der Waals surface area contributed by atoms with E-state index in [1.807, 2.05) is 55.5 Å². The third kappa shape index (κ3) is 4.10. The summed E-state index contributed by atoms with van der Waals surface area (Å²) in [5, 5.41) is 3.97. The highest BCUT2D eigenvalue weighted by molar-refractivity contribution is 9.10. The van der Waals surface area contributed by atoms with Crippen molar-refractivity contribution in [1.82, 2.24) is 10.1 Å². The van der Waals surface area contributed by atoms with Gasteiger partial charge in [0.05, 0.1) is 6.61 Å². The summed E-state index contributed by atoms with van der Waals surface area (Å²) in [7, 11) is 0. The fraction of sp³-hybridized carbons (Fsp3) is 0.176. The molecule has 5 nitrogen and oxygen atoms in total. The number of hydrogen-bond donors (Lipinski definition) is 0. The largest absolute Gasteiger partial charge is 0.494 e. The maximum absolute atomic E-state index is 5.61. The van der Waals surface area contributed by atoms with Crippen molar-refractivity contribution in [2.45, 2.75) is 13.5 Å². The Morgan fingerprint density at radius 3 is 2.30 bits per heavy atom. The summed E-state index contributed by atoms with van der Waals surface area (Å²) in [5.41, 5.74) is 0.868. The molecule has 0 spiro atoms. The molecule has 0 atom stereocenters. The van der Waals surface area contributed by atoms with Crippen LogP contribution in [0, 0.1) is 0 Å². The van der Waals surface area contributed by atoms with Gasteiger partial charge < -0.3 is 14.0 Å². The van der Waals surface area contributed by atoms with Crippen LogP contribution in [0.5, 0.6) is 11.5 Å². The van der Waals surface area contributed by atoms with Gasteiger partial charge in [-0.2, -0.15) is 4.98 Å². The van der Waals surface area contributed by atoms with Crippen LogP contribution >= 0.6 is 15.9 Å². The van der Waals surface area contributed by atoms with E-state index in [1.165, 1.54) is 0 Å². The number of hydrogen-bond acceptors (Lipinski definition) is 5. The smallest absolute Gasteiger partial charge is 0.264 e. The summed E-state index contributed by atoms with van der Waals surface area (Å²) >= 11 is 3.38. The molecule has 0 aliphatic carbocycles. The molecule has 0 bridgehead atoms. The summed E-state index contributed by atoms with van der Waals surface area (Å²) < 4.78 is 17.2. The first-order valence-corrected chi connectivity index (χ1v) is 7.98. The first-order chi connectivity index (χ1) is 11.2. The van der Waals surface area contributed by atoms with Gasteiger partial charge in [0.25, 0.3) is 5.89 Å². The van der Waals surface area contributed by atoms with E-state index in [2.05, 4.69) is 26.1 Å². The quantitative estimate of drug-likeness (QED) is 0.636. The molecular formula is C17H15BrN2O3. The van der Waals surface area contributed by atoms with E-state index < -0.39 is 0 Å². The number of halogens is 1. The molecule has 0 radical (unpaired) electrons. The average Bonchev–Trinajstić information content (AvgIpc) is 3.04. The van der Waals surface area contributed by atoms with E-state index in [9.17, 15) is 0 Å². The summed E-state index contributed by atoms with van der Waals surface area (Å²) in [6, 6.07) is 15.1. The molecule has 2 aromatic carbocycles. The van der Waals surface area contributed by atoms with Crippen molar-refractivity contribution < 1.29 is 14.0 Å². The Balaban J connectivity index is 1.64. The van der Waals surface area contributed by atoms with Crippen LogP contribution in [0.3, 0.4) is 0 Å². The number of benzene rings is 2. The van der Waals surface area contributed by atoms with E-state index >= 15 is 0 Å². The van der Waals surface area contributed by atoms with Crippen LogP contribution < -0.4 is 9.47 Å². The molecule has 1 aromatic heterocycles. The van der Waals surface area contributed by atoms with Gasteiger partial charge >= 0.3 is 0 Å². The van der Waals surface area contributed by atoms with Gasteiger partial charge in [0.15, 0.2) is 6.61 Å². The Morgan fingerprint density at radius 2 is 1.61 bits per heavy atom. The van der Waals surface area contributed by atoms with Gasteiger partial charge in [-0.15, -0.1) is 0 Å². The Bertz CT molecular complexity index is 754. The van der Waals surface area contributed by atoms with Gasteiger partial charge in [-0.1, -0.05) is 21.1 Å². The van der Waals surface area contributed by atoms with Gasteiger partial charge in [0.2, 0.25) is 5.82 Å². The van der Waals surface area contributed by atoms with Crippen molar-refractivity contribution in [3.05, 3.63) is 58.9 Å². The van der Waals surface area contributed by atoms with E-state index in [1.54, 1.807) is 0 Å². The van der Waals surface area contributed by atoms with Crippen molar-refractivity contribution in [1.29, 1.82) is 0 Å². The van der Waals surface area contributed by atoms with Crippen LogP contribution in [0.4, 0.5) is 0 Å². The molecule has 0 aliphatic heterocycles. The summed E-state index contributed by atoms with van der Waals surface area (Å²) in [6.07, 6.45) is 0. The molecule has 6 heteroatoms. The Hall–Kier alpha value is -2.34. The zero-order valence-corrected chi connectivity index (χ0v) is 14.1. The predicted octanol–water partition coefficient (Wildman–Crippen LogP) is 4.48.